The zero-order valence-electron chi connectivity index (χ0n) is 12.6. The van der Waals surface area contributed by atoms with Crippen molar-refractivity contribution in [1.82, 2.24) is 9.78 Å². The summed E-state index contributed by atoms with van der Waals surface area (Å²) in [6, 6.07) is 7.51. The number of rotatable bonds is 6. The van der Waals surface area contributed by atoms with Crippen LogP contribution in [0.5, 0.6) is 5.75 Å². The van der Waals surface area contributed by atoms with Crippen LogP contribution >= 0.6 is 15.9 Å². The number of ether oxygens (including phenoxy) is 1. The molecule has 0 saturated carbocycles. The molecule has 1 N–H and O–H groups in total. The Bertz CT molecular complexity index is 593. The molecule has 0 aliphatic heterocycles. The van der Waals surface area contributed by atoms with Crippen LogP contribution in [0.25, 0.3) is 0 Å². The third kappa shape index (κ3) is 3.47. The van der Waals surface area contributed by atoms with Crippen molar-refractivity contribution >= 4 is 15.9 Å². The van der Waals surface area contributed by atoms with Crippen molar-refractivity contribution in [3.8, 4) is 5.75 Å². The highest BCUT2D eigenvalue weighted by molar-refractivity contribution is 9.10. The van der Waals surface area contributed by atoms with Gasteiger partial charge in [-0.1, -0.05) is 19.1 Å². The largest absolute Gasteiger partial charge is 0.497 e. The van der Waals surface area contributed by atoms with Gasteiger partial charge in [-0.15, -0.1) is 0 Å². The van der Waals surface area contributed by atoms with Crippen molar-refractivity contribution in [2.24, 2.45) is 0 Å². The van der Waals surface area contributed by atoms with Gasteiger partial charge in [0, 0.05) is 13.0 Å². The molecule has 0 amide bonds. The SMILES string of the molecule is CCc1nn(CC)c(CC(O)c2ccc(OC)cc2)c1Br. The highest BCUT2D eigenvalue weighted by Gasteiger charge is 2.18. The number of aromatic nitrogens is 2. The molecule has 5 heteroatoms. The van der Waals surface area contributed by atoms with Crippen LogP contribution in [0.4, 0.5) is 0 Å². The summed E-state index contributed by atoms with van der Waals surface area (Å²) in [7, 11) is 1.63. The number of hydrogen-bond donors (Lipinski definition) is 1. The monoisotopic (exact) mass is 352 g/mol. The number of aryl methyl sites for hydroxylation is 2. The Balaban J connectivity index is 2.22. The van der Waals surface area contributed by atoms with E-state index in [1.807, 2.05) is 28.9 Å². The van der Waals surface area contributed by atoms with Crippen molar-refractivity contribution in [3.63, 3.8) is 0 Å². The second-order valence-corrected chi connectivity index (χ2v) is 5.66. The second kappa shape index (κ2) is 7.09. The highest BCUT2D eigenvalue weighted by atomic mass is 79.9. The topological polar surface area (TPSA) is 47.3 Å². The smallest absolute Gasteiger partial charge is 0.118 e. The first kappa shape index (κ1) is 16.0. The minimum atomic E-state index is -0.557. The Morgan fingerprint density at radius 2 is 1.95 bits per heavy atom. The lowest BCUT2D eigenvalue weighted by Gasteiger charge is -2.13. The maximum atomic E-state index is 10.5. The first-order chi connectivity index (χ1) is 10.1. The van der Waals surface area contributed by atoms with Crippen LogP contribution in [0.3, 0.4) is 0 Å². The van der Waals surface area contributed by atoms with Gasteiger partial charge in [-0.25, -0.2) is 0 Å². The maximum absolute atomic E-state index is 10.5. The van der Waals surface area contributed by atoms with Crippen molar-refractivity contribution in [2.45, 2.75) is 39.3 Å². The quantitative estimate of drug-likeness (QED) is 0.865. The molecule has 0 saturated heterocycles. The van der Waals surface area contributed by atoms with Gasteiger partial charge in [0.2, 0.25) is 0 Å². The second-order valence-electron chi connectivity index (χ2n) is 4.87. The zero-order valence-corrected chi connectivity index (χ0v) is 14.2. The van der Waals surface area contributed by atoms with Crippen LogP contribution in [0.2, 0.25) is 0 Å². The first-order valence-corrected chi connectivity index (χ1v) is 7.96. The van der Waals surface area contributed by atoms with Crippen LogP contribution in [-0.4, -0.2) is 22.0 Å². The fraction of sp³-hybridized carbons (Fsp3) is 0.438. The molecular weight excluding hydrogens is 332 g/mol. The van der Waals surface area contributed by atoms with E-state index in [4.69, 9.17) is 4.74 Å². The minimum Gasteiger partial charge on any atom is -0.497 e. The lowest BCUT2D eigenvalue weighted by molar-refractivity contribution is 0.175. The third-order valence-electron chi connectivity index (χ3n) is 3.58. The molecule has 1 aromatic carbocycles. The fourth-order valence-corrected chi connectivity index (χ4v) is 3.07. The van der Waals surface area contributed by atoms with E-state index in [9.17, 15) is 5.11 Å². The normalized spacial score (nSPS) is 12.4. The van der Waals surface area contributed by atoms with Crippen LogP contribution < -0.4 is 4.74 Å². The molecule has 114 valence electrons. The Morgan fingerprint density at radius 3 is 2.48 bits per heavy atom. The summed E-state index contributed by atoms with van der Waals surface area (Å²) in [6.07, 6.45) is 0.853. The third-order valence-corrected chi connectivity index (χ3v) is 4.50. The molecular formula is C16H21BrN2O2. The molecule has 1 atom stereocenters. The summed E-state index contributed by atoms with van der Waals surface area (Å²) in [6.45, 7) is 4.93. The molecule has 0 spiro atoms. The van der Waals surface area contributed by atoms with E-state index < -0.39 is 6.10 Å². The number of halogens is 1. The van der Waals surface area contributed by atoms with Crippen molar-refractivity contribution in [2.75, 3.05) is 7.11 Å². The Hall–Kier alpha value is -1.33. The average Bonchev–Trinajstić information content (AvgIpc) is 2.83. The van der Waals surface area contributed by atoms with Gasteiger partial charge in [0.25, 0.3) is 0 Å². The van der Waals surface area contributed by atoms with Gasteiger partial charge in [-0.05, 0) is 47.0 Å². The Labute approximate surface area is 133 Å². The number of benzene rings is 1. The predicted molar refractivity (Wildman–Crippen MR) is 86.6 cm³/mol. The van der Waals surface area contributed by atoms with E-state index in [1.54, 1.807) is 7.11 Å². The molecule has 2 aromatic rings. The molecule has 4 nitrogen and oxygen atoms in total. The Kier molecular flexibility index (Phi) is 5.42. The van der Waals surface area contributed by atoms with E-state index in [-0.39, 0.29) is 0 Å². The van der Waals surface area contributed by atoms with Crippen LogP contribution in [-0.2, 0) is 19.4 Å². The predicted octanol–water partition coefficient (Wildman–Crippen LogP) is 3.51. The lowest BCUT2D eigenvalue weighted by atomic mass is 10.0. The number of nitrogens with zero attached hydrogens (tertiary/aromatic N) is 2. The zero-order chi connectivity index (χ0) is 15.4. The summed E-state index contributed by atoms with van der Waals surface area (Å²) < 4.78 is 8.10. The molecule has 0 fully saturated rings. The molecule has 0 bridgehead atoms. The van der Waals surface area contributed by atoms with Gasteiger partial charge in [0.15, 0.2) is 0 Å². The fourth-order valence-electron chi connectivity index (χ4n) is 2.34. The van der Waals surface area contributed by atoms with Crippen LogP contribution in [0.15, 0.2) is 28.7 Å². The molecule has 1 aromatic heterocycles. The van der Waals surface area contributed by atoms with E-state index in [0.717, 1.165) is 40.1 Å². The van der Waals surface area contributed by atoms with E-state index in [2.05, 4.69) is 34.9 Å². The standard InChI is InChI=1S/C16H21BrN2O2/c1-4-13-16(17)14(19(5-2)18-13)10-15(20)11-6-8-12(21-3)9-7-11/h6-9,15,20H,4-5,10H2,1-3H3. The lowest BCUT2D eigenvalue weighted by Crippen LogP contribution is -2.09. The van der Waals surface area contributed by atoms with Gasteiger partial charge >= 0.3 is 0 Å². The van der Waals surface area contributed by atoms with Gasteiger partial charge in [0.05, 0.1) is 29.1 Å². The number of aliphatic hydroxyl groups is 1. The van der Waals surface area contributed by atoms with Crippen molar-refractivity contribution in [1.29, 1.82) is 0 Å². The van der Waals surface area contributed by atoms with Crippen molar-refractivity contribution < 1.29 is 9.84 Å². The van der Waals surface area contributed by atoms with Crippen LogP contribution in [0, 0.1) is 0 Å². The van der Waals surface area contributed by atoms with Crippen molar-refractivity contribution in [3.05, 3.63) is 45.7 Å². The molecule has 21 heavy (non-hydrogen) atoms. The first-order valence-electron chi connectivity index (χ1n) is 7.16. The van der Waals surface area contributed by atoms with Gasteiger partial charge in [-0.3, -0.25) is 4.68 Å². The van der Waals surface area contributed by atoms with E-state index in [1.165, 1.54) is 0 Å². The molecule has 0 radical (unpaired) electrons. The Morgan fingerprint density at radius 1 is 1.29 bits per heavy atom. The van der Waals surface area contributed by atoms with Crippen LogP contribution in [0.1, 0.15) is 36.9 Å². The average molecular weight is 353 g/mol. The summed E-state index contributed by atoms with van der Waals surface area (Å²) in [5, 5.41) is 15.0. The minimum absolute atomic E-state index is 0.535. The molecule has 0 aliphatic carbocycles. The number of aliphatic hydroxyl groups excluding tert-OH is 1. The molecule has 2 rings (SSSR count). The molecule has 0 aliphatic rings. The summed E-state index contributed by atoms with van der Waals surface area (Å²) in [5.74, 6) is 0.791. The van der Waals surface area contributed by atoms with Gasteiger partial charge < -0.3 is 9.84 Å². The summed E-state index contributed by atoms with van der Waals surface area (Å²) in [5.41, 5.74) is 2.95. The summed E-state index contributed by atoms with van der Waals surface area (Å²) >= 11 is 3.61. The summed E-state index contributed by atoms with van der Waals surface area (Å²) in [4.78, 5) is 0. The molecule has 1 heterocycles. The molecule has 1 unspecified atom stereocenters. The van der Waals surface area contributed by atoms with E-state index >= 15 is 0 Å². The maximum Gasteiger partial charge on any atom is 0.118 e. The van der Waals surface area contributed by atoms with E-state index in [0.29, 0.717) is 6.42 Å². The van der Waals surface area contributed by atoms with Gasteiger partial charge in [0.1, 0.15) is 5.75 Å². The number of hydrogen-bond acceptors (Lipinski definition) is 3. The highest BCUT2D eigenvalue weighted by Crippen LogP contribution is 2.28. The van der Waals surface area contributed by atoms with Gasteiger partial charge in [-0.2, -0.15) is 5.10 Å². The number of methoxy groups -OCH3 is 1.